The number of aryl methyl sites for hydroxylation is 1. The molecule has 2 rings (SSSR count). The number of nitrogens with zero attached hydrogens (tertiary/aromatic N) is 1. The van der Waals surface area contributed by atoms with Crippen LogP contribution in [0.4, 0.5) is 0 Å². The summed E-state index contributed by atoms with van der Waals surface area (Å²) < 4.78 is 6.07. The number of hydrogen-bond acceptors (Lipinski definition) is 4. The largest absolute Gasteiger partial charge is 0.489 e. The zero-order chi connectivity index (χ0) is 16.7. The minimum atomic E-state index is 0.0234. The minimum Gasteiger partial charge on any atom is -0.489 e. The van der Waals surface area contributed by atoms with Gasteiger partial charge < -0.3 is 15.6 Å². The molecule has 1 atom stereocenters. The summed E-state index contributed by atoms with van der Waals surface area (Å²) in [4.78, 5) is 2.05. The average Bonchev–Trinajstić information content (AvgIpc) is 2.56. The number of ether oxygens (including phenoxy) is 1. The number of hydrogen-bond donors (Lipinski definition) is 2. The van der Waals surface area contributed by atoms with E-state index in [0.29, 0.717) is 19.7 Å². The van der Waals surface area contributed by atoms with Gasteiger partial charge in [0.05, 0.1) is 12.6 Å². The molecule has 0 aromatic heterocycles. The first-order valence-corrected chi connectivity index (χ1v) is 7.94. The Balaban J connectivity index is 2.18. The zero-order valence-corrected chi connectivity index (χ0v) is 13.9. The molecule has 2 aromatic carbocycles. The Hall–Kier alpha value is -1.88. The topological polar surface area (TPSA) is 58.7 Å². The third kappa shape index (κ3) is 4.55. The van der Waals surface area contributed by atoms with Gasteiger partial charge in [-0.2, -0.15) is 0 Å². The van der Waals surface area contributed by atoms with E-state index in [4.69, 9.17) is 15.6 Å². The molecule has 0 aliphatic carbocycles. The van der Waals surface area contributed by atoms with Crippen molar-refractivity contribution in [2.75, 3.05) is 26.7 Å². The number of rotatable bonds is 8. The Morgan fingerprint density at radius 2 is 1.83 bits per heavy atom. The van der Waals surface area contributed by atoms with E-state index in [0.717, 1.165) is 11.3 Å². The van der Waals surface area contributed by atoms with Gasteiger partial charge in [-0.1, -0.05) is 42.5 Å². The predicted molar refractivity (Wildman–Crippen MR) is 93.5 cm³/mol. The fraction of sp³-hybridized carbons (Fsp3) is 0.368. The monoisotopic (exact) mass is 314 g/mol. The summed E-state index contributed by atoms with van der Waals surface area (Å²) in [5.74, 6) is 0.844. The SMILES string of the molecule is Cc1ccccc1COc1ccccc1C(CN)N(C)CCO. The Morgan fingerprint density at radius 1 is 1.13 bits per heavy atom. The molecule has 3 N–H and O–H groups in total. The lowest BCUT2D eigenvalue weighted by atomic mass is 10.0. The fourth-order valence-corrected chi connectivity index (χ4v) is 2.67. The van der Waals surface area contributed by atoms with Gasteiger partial charge in [-0.15, -0.1) is 0 Å². The van der Waals surface area contributed by atoms with Gasteiger partial charge in [0.15, 0.2) is 0 Å². The molecule has 0 aliphatic heterocycles. The first-order chi connectivity index (χ1) is 11.2. The first-order valence-electron chi connectivity index (χ1n) is 7.94. The third-order valence-electron chi connectivity index (χ3n) is 4.13. The van der Waals surface area contributed by atoms with E-state index in [1.54, 1.807) is 0 Å². The van der Waals surface area contributed by atoms with Crippen LogP contribution in [0.25, 0.3) is 0 Å². The Labute approximate surface area is 138 Å². The molecule has 4 heteroatoms. The normalized spacial score (nSPS) is 12.4. The Kier molecular flexibility index (Phi) is 6.59. The molecule has 4 nitrogen and oxygen atoms in total. The van der Waals surface area contributed by atoms with Gasteiger partial charge in [-0.05, 0) is 31.2 Å². The highest BCUT2D eigenvalue weighted by Gasteiger charge is 2.19. The first kappa shape index (κ1) is 17.5. The number of para-hydroxylation sites is 1. The lowest BCUT2D eigenvalue weighted by Gasteiger charge is -2.28. The molecule has 0 radical (unpaired) electrons. The standard InChI is InChI=1S/C19H26N2O2/c1-15-7-3-4-8-16(15)14-23-19-10-6-5-9-17(19)18(13-20)21(2)11-12-22/h3-10,18,22H,11-14,20H2,1-2H3. The maximum Gasteiger partial charge on any atom is 0.124 e. The van der Waals surface area contributed by atoms with Crippen molar-refractivity contribution >= 4 is 0 Å². The van der Waals surface area contributed by atoms with E-state index in [-0.39, 0.29) is 12.6 Å². The second kappa shape index (κ2) is 8.67. The Bertz CT molecular complexity index is 616. The van der Waals surface area contributed by atoms with Crippen molar-refractivity contribution in [3.8, 4) is 5.75 Å². The Morgan fingerprint density at radius 3 is 2.52 bits per heavy atom. The summed E-state index contributed by atoms with van der Waals surface area (Å²) in [6.45, 7) is 3.78. The molecule has 0 heterocycles. The number of nitrogens with two attached hydrogens (primary N) is 1. The average molecular weight is 314 g/mol. The van der Waals surface area contributed by atoms with Crippen LogP contribution < -0.4 is 10.5 Å². The molecule has 0 fully saturated rings. The molecule has 124 valence electrons. The number of likely N-dealkylation sites (N-methyl/N-ethyl adjacent to an activating group) is 1. The van der Waals surface area contributed by atoms with E-state index in [1.807, 2.05) is 43.4 Å². The van der Waals surface area contributed by atoms with Gasteiger partial charge in [-0.3, -0.25) is 4.90 Å². The molecule has 0 saturated carbocycles. The quantitative estimate of drug-likeness (QED) is 0.786. The van der Waals surface area contributed by atoms with Crippen LogP contribution in [0.5, 0.6) is 5.75 Å². The van der Waals surface area contributed by atoms with Crippen molar-refractivity contribution in [3.05, 3.63) is 65.2 Å². The summed E-state index contributed by atoms with van der Waals surface area (Å²) >= 11 is 0. The summed E-state index contributed by atoms with van der Waals surface area (Å²) in [5, 5.41) is 9.17. The molecule has 2 aromatic rings. The van der Waals surface area contributed by atoms with E-state index < -0.39 is 0 Å². The molecule has 1 unspecified atom stereocenters. The van der Waals surface area contributed by atoms with Crippen molar-refractivity contribution in [1.82, 2.24) is 4.90 Å². The molecular weight excluding hydrogens is 288 g/mol. The molecule has 0 spiro atoms. The third-order valence-corrected chi connectivity index (χ3v) is 4.13. The van der Waals surface area contributed by atoms with Crippen LogP contribution in [0, 0.1) is 6.92 Å². The van der Waals surface area contributed by atoms with Crippen molar-refractivity contribution < 1.29 is 9.84 Å². The van der Waals surface area contributed by atoms with Crippen molar-refractivity contribution in [1.29, 1.82) is 0 Å². The van der Waals surface area contributed by atoms with Gasteiger partial charge in [0, 0.05) is 18.7 Å². The van der Waals surface area contributed by atoms with E-state index in [1.165, 1.54) is 11.1 Å². The summed E-state index contributed by atoms with van der Waals surface area (Å²) in [5.41, 5.74) is 9.41. The van der Waals surface area contributed by atoms with Crippen LogP contribution in [0.15, 0.2) is 48.5 Å². The predicted octanol–water partition coefficient (Wildman–Crippen LogP) is 2.50. The molecular formula is C19H26N2O2. The van der Waals surface area contributed by atoms with Gasteiger partial charge in [0.2, 0.25) is 0 Å². The molecule has 0 amide bonds. The second-order valence-electron chi connectivity index (χ2n) is 5.71. The summed E-state index contributed by atoms with van der Waals surface area (Å²) in [7, 11) is 1.96. The van der Waals surface area contributed by atoms with Gasteiger partial charge in [-0.25, -0.2) is 0 Å². The smallest absolute Gasteiger partial charge is 0.124 e. The van der Waals surface area contributed by atoms with Crippen LogP contribution in [0.2, 0.25) is 0 Å². The number of aliphatic hydroxyl groups is 1. The maximum atomic E-state index is 9.17. The number of benzene rings is 2. The van der Waals surface area contributed by atoms with E-state index in [9.17, 15) is 0 Å². The van der Waals surface area contributed by atoms with Gasteiger partial charge in [0.1, 0.15) is 12.4 Å². The number of aliphatic hydroxyl groups excluding tert-OH is 1. The fourth-order valence-electron chi connectivity index (χ4n) is 2.67. The van der Waals surface area contributed by atoms with Crippen LogP contribution in [-0.4, -0.2) is 36.8 Å². The van der Waals surface area contributed by atoms with Crippen LogP contribution >= 0.6 is 0 Å². The lowest BCUT2D eigenvalue weighted by molar-refractivity contribution is 0.179. The van der Waals surface area contributed by atoms with Crippen LogP contribution in [0.3, 0.4) is 0 Å². The summed E-state index contributed by atoms with van der Waals surface area (Å²) in [6.07, 6.45) is 0. The minimum absolute atomic E-state index is 0.0234. The van der Waals surface area contributed by atoms with Crippen molar-refractivity contribution in [2.45, 2.75) is 19.6 Å². The van der Waals surface area contributed by atoms with Crippen molar-refractivity contribution in [3.63, 3.8) is 0 Å². The summed E-state index contributed by atoms with van der Waals surface area (Å²) in [6, 6.07) is 16.2. The van der Waals surface area contributed by atoms with E-state index in [2.05, 4.69) is 24.0 Å². The van der Waals surface area contributed by atoms with E-state index >= 15 is 0 Å². The second-order valence-corrected chi connectivity index (χ2v) is 5.71. The molecule has 0 saturated heterocycles. The molecule has 0 bridgehead atoms. The van der Waals surface area contributed by atoms with Crippen LogP contribution in [0.1, 0.15) is 22.7 Å². The highest BCUT2D eigenvalue weighted by atomic mass is 16.5. The molecule has 0 aliphatic rings. The highest BCUT2D eigenvalue weighted by molar-refractivity contribution is 5.37. The highest BCUT2D eigenvalue weighted by Crippen LogP contribution is 2.28. The molecule has 23 heavy (non-hydrogen) atoms. The lowest BCUT2D eigenvalue weighted by Crippen LogP contribution is -2.32. The van der Waals surface area contributed by atoms with Gasteiger partial charge >= 0.3 is 0 Å². The van der Waals surface area contributed by atoms with Crippen molar-refractivity contribution in [2.24, 2.45) is 5.73 Å². The van der Waals surface area contributed by atoms with Gasteiger partial charge in [0.25, 0.3) is 0 Å². The zero-order valence-electron chi connectivity index (χ0n) is 13.9. The van der Waals surface area contributed by atoms with Crippen LogP contribution in [-0.2, 0) is 6.61 Å². The maximum absolute atomic E-state index is 9.17.